The second-order valence-electron chi connectivity index (χ2n) is 6.95. The molecule has 3 aliphatic rings. The maximum Gasteiger partial charge on any atom is -0.0324 e. The molecule has 6 atom stereocenters. The van der Waals surface area contributed by atoms with Crippen molar-refractivity contribution in [2.24, 2.45) is 35.5 Å². The van der Waals surface area contributed by atoms with Crippen LogP contribution in [0.5, 0.6) is 0 Å². The fraction of sp³-hybridized carbons (Fsp3) is 1.00. The van der Waals surface area contributed by atoms with E-state index in [4.69, 9.17) is 0 Å². The molecule has 0 spiro atoms. The van der Waals surface area contributed by atoms with Gasteiger partial charge in [-0.1, -0.05) is 46.0 Å². The molecule has 92 valence electrons. The van der Waals surface area contributed by atoms with E-state index in [1.54, 1.807) is 25.7 Å². The van der Waals surface area contributed by atoms with Gasteiger partial charge in [0.1, 0.15) is 0 Å². The quantitative estimate of drug-likeness (QED) is 0.622. The molecule has 0 saturated heterocycles. The van der Waals surface area contributed by atoms with Crippen molar-refractivity contribution in [1.82, 2.24) is 0 Å². The van der Waals surface area contributed by atoms with Crippen LogP contribution in [0.1, 0.15) is 65.2 Å². The first-order chi connectivity index (χ1) is 7.81. The number of fused-ring (bicyclic) bond motifs is 3. The first-order valence-corrected chi connectivity index (χ1v) is 7.81. The molecule has 0 heterocycles. The average Bonchev–Trinajstić information content (AvgIpc) is 2.79. The highest BCUT2D eigenvalue weighted by atomic mass is 14.6. The predicted molar refractivity (Wildman–Crippen MR) is 69.2 cm³/mol. The summed E-state index contributed by atoms with van der Waals surface area (Å²) < 4.78 is 0. The van der Waals surface area contributed by atoms with E-state index in [9.17, 15) is 0 Å². The maximum atomic E-state index is 2.55. The van der Waals surface area contributed by atoms with Gasteiger partial charge >= 0.3 is 0 Å². The van der Waals surface area contributed by atoms with E-state index >= 15 is 0 Å². The summed E-state index contributed by atoms with van der Waals surface area (Å²) in [4.78, 5) is 0. The van der Waals surface area contributed by atoms with Crippen LogP contribution in [-0.2, 0) is 0 Å². The Morgan fingerprint density at radius 3 is 2.62 bits per heavy atom. The van der Waals surface area contributed by atoms with E-state index in [0.29, 0.717) is 0 Å². The van der Waals surface area contributed by atoms with Gasteiger partial charge in [-0.25, -0.2) is 0 Å². The van der Waals surface area contributed by atoms with Crippen LogP contribution in [0.4, 0.5) is 0 Å². The molecule has 0 aliphatic heterocycles. The molecule has 3 saturated carbocycles. The van der Waals surface area contributed by atoms with Gasteiger partial charge < -0.3 is 0 Å². The van der Waals surface area contributed by atoms with Crippen LogP contribution in [0.2, 0.25) is 0 Å². The lowest BCUT2D eigenvalue weighted by atomic mass is 9.73. The molecular formula is C16H28. The molecule has 16 heavy (non-hydrogen) atoms. The lowest BCUT2D eigenvalue weighted by molar-refractivity contribution is 0.178. The second kappa shape index (κ2) is 4.35. The van der Waals surface area contributed by atoms with Crippen molar-refractivity contribution in [2.75, 3.05) is 0 Å². The normalized spacial score (nSPS) is 51.4. The van der Waals surface area contributed by atoms with Crippen molar-refractivity contribution in [3.63, 3.8) is 0 Å². The van der Waals surface area contributed by atoms with Crippen LogP contribution in [0.15, 0.2) is 0 Å². The largest absolute Gasteiger partial charge is 0.0654 e. The average molecular weight is 220 g/mol. The van der Waals surface area contributed by atoms with Crippen molar-refractivity contribution < 1.29 is 0 Å². The minimum absolute atomic E-state index is 1.05. The molecule has 0 heteroatoms. The summed E-state index contributed by atoms with van der Waals surface area (Å²) in [5.41, 5.74) is 0. The minimum Gasteiger partial charge on any atom is -0.0654 e. The van der Waals surface area contributed by atoms with Gasteiger partial charge in [0.15, 0.2) is 0 Å². The third-order valence-electron chi connectivity index (χ3n) is 6.14. The Morgan fingerprint density at radius 2 is 1.81 bits per heavy atom. The van der Waals surface area contributed by atoms with Gasteiger partial charge in [-0.05, 0) is 54.8 Å². The van der Waals surface area contributed by atoms with Gasteiger partial charge in [0, 0.05) is 0 Å². The molecule has 0 N–H and O–H groups in total. The Hall–Kier alpha value is 0. The van der Waals surface area contributed by atoms with Crippen LogP contribution in [0.3, 0.4) is 0 Å². The van der Waals surface area contributed by atoms with Crippen LogP contribution >= 0.6 is 0 Å². The van der Waals surface area contributed by atoms with E-state index in [0.717, 1.165) is 35.5 Å². The third-order valence-corrected chi connectivity index (χ3v) is 6.14. The molecule has 0 amide bonds. The van der Waals surface area contributed by atoms with Gasteiger partial charge in [0.2, 0.25) is 0 Å². The van der Waals surface area contributed by atoms with Crippen molar-refractivity contribution in [2.45, 2.75) is 65.2 Å². The molecular weight excluding hydrogens is 192 g/mol. The summed E-state index contributed by atoms with van der Waals surface area (Å²) in [6.07, 6.45) is 12.3. The molecule has 0 radical (unpaired) electrons. The van der Waals surface area contributed by atoms with Gasteiger partial charge in [-0.3, -0.25) is 0 Å². The molecule has 3 fully saturated rings. The summed E-state index contributed by atoms with van der Waals surface area (Å²) in [6.45, 7) is 4.93. The summed E-state index contributed by atoms with van der Waals surface area (Å²) in [5.74, 6) is 6.74. The Morgan fingerprint density at radius 1 is 1.00 bits per heavy atom. The number of rotatable bonds is 2. The Kier molecular flexibility index (Phi) is 3.02. The Bertz CT molecular complexity index is 244. The fourth-order valence-corrected chi connectivity index (χ4v) is 5.66. The van der Waals surface area contributed by atoms with Gasteiger partial charge in [0.05, 0.1) is 0 Å². The smallest absolute Gasteiger partial charge is 0.0324 e. The second-order valence-corrected chi connectivity index (χ2v) is 6.95. The Labute approximate surface area is 101 Å². The topological polar surface area (TPSA) is 0 Å². The first kappa shape index (κ1) is 11.1. The summed E-state index contributed by atoms with van der Waals surface area (Å²) in [5, 5.41) is 0. The van der Waals surface area contributed by atoms with Gasteiger partial charge in [-0.2, -0.15) is 0 Å². The molecule has 3 rings (SSSR count). The highest BCUT2D eigenvalue weighted by molar-refractivity contribution is 5.01. The maximum absolute atomic E-state index is 2.55. The first-order valence-electron chi connectivity index (χ1n) is 7.81. The lowest BCUT2D eigenvalue weighted by Crippen LogP contribution is -2.23. The van der Waals surface area contributed by atoms with E-state index < -0.39 is 0 Å². The fourth-order valence-electron chi connectivity index (χ4n) is 5.66. The molecule has 0 nitrogen and oxygen atoms in total. The van der Waals surface area contributed by atoms with Crippen LogP contribution in [0.25, 0.3) is 0 Å². The van der Waals surface area contributed by atoms with Crippen molar-refractivity contribution >= 4 is 0 Å². The van der Waals surface area contributed by atoms with E-state index in [1.807, 2.05) is 0 Å². The zero-order valence-corrected chi connectivity index (χ0v) is 11.1. The number of hydrogen-bond acceptors (Lipinski definition) is 0. The van der Waals surface area contributed by atoms with Crippen LogP contribution in [0, 0.1) is 35.5 Å². The highest BCUT2D eigenvalue weighted by Gasteiger charge is 2.52. The molecule has 0 aromatic rings. The standard InChI is InChI=1S/C16H28/c1-3-6-13-9-11(2)15-10-12-7-4-5-8-14(12)16(13)15/h11-16H,3-10H2,1-2H3. The summed E-state index contributed by atoms with van der Waals surface area (Å²) >= 11 is 0. The lowest BCUT2D eigenvalue weighted by Gasteiger charge is -2.32. The minimum atomic E-state index is 1.05. The molecule has 6 unspecified atom stereocenters. The van der Waals surface area contributed by atoms with Crippen molar-refractivity contribution in [3.05, 3.63) is 0 Å². The van der Waals surface area contributed by atoms with Crippen molar-refractivity contribution in [3.8, 4) is 0 Å². The molecule has 0 bridgehead atoms. The van der Waals surface area contributed by atoms with E-state index in [1.165, 1.54) is 25.7 Å². The Balaban J connectivity index is 1.78. The monoisotopic (exact) mass is 220 g/mol. The van der Waals surface area contributed by atoms with Gasteiger partial charge in [-0.15, -0.1) is 0 Å². The van der Waals surface area contributed by atoms with Crippen molar-refractivity contribution in [1.29, 1.82) is 0 Å². The summed E-state index contributed by atoms with van der Waals surface area (Å²) in [6, 6.07) is 0. The number of hydrogen-bond donors (Lipinski definition) is 0. The summed E-state index contributed by atoms with van der Waals surface area (Å²) in [7, 11) is 0. The molecule has 0 aromatic carbocycles. The van der Waals surface area contributed by atoms with E-state index in [-0.39, 0.29) is 0 Å². The van der Waals surface area contributed by atoms with Crippen LogP contribution in [-0.4, -0.2) is 0 Å². The zero-order chi connectivity index (χ0) is 11.1. The highest BCUT2D eigenvalue weighted by Crippen LogP contribution is 2.60. The third kappa shape index (κ3) is 1.64. The van der Waals surface area contributed by atoms with Gasteiger partial charge in [0.25, 0.3) is 0 Å². The van der Waals surface area contributed by atoms with E-state index in [2.05, 4.69) is 13.8 Å². The van der Waals surface area contributed by atoms with Crippen LogP contribution < -0.4 is 0 Å². The predicted octanol–water partition coefficient (Wildman–Crippen LogP) is 4.89. The zero-order valence-electron chi connectivity index (χ0n) is 11.1. The SMILES string of the molecule is CCCC1CC(C)C2CC3CCCCC3C12. The molecule has 0 aromatic heterocycles. The molecule has 3 aliphatic carbocycles.